The number of carboxylic acids is 1. The Morgan fingerprint density at radius 2 is 2.44 bits per heavy atom. The van der Waals surface area contributed by atoms with E-state index in [9.17, 15) is 4.79 Å². The van der Waals surface area contributed by atoms with Crippen molar-refractivity contribution in [2.24, 2.45) is 11.8 Å². The standard InChI is InChI=1S/C6H8O3/c7-6(8)4-3-1-2-9-5(3)4/h3-5H,1-2H2,(H,7,8)/t3?,4-,5?/m0/s1. The summed E-state index contributed by atoms with van der Waals surface area (Å²) in [6.45, 7) is 0.763. The van der Waals surface area contributed by atoms with Crippen LogP contribution in [-0.2, 0) is 9.53 Å². The Morgan fingerprint density at radius 1 is 1.67 bits per heavy atom. The quantitative estimate of drug-likeness (QED) is 0.545. The van der Waals surface area contributed by atoms with E-state index in [1.54, 1.807) is 0 Å². The van der Waals surface area contributed by atoms with E-state index in [2.05, 4.69) is 0 Å². The molecule has 0 bridgehead atoms. The van der Waals surface area contributed by atoms with Crippen molar-refractivity contribution in [3.63, 3.8) is 0 Å². The van der Waals surface area contributed by atoms with Crippen LogP contribution in [0.3, 0.4) is 0 Å². The first kappa shape index (κ1) is 5.23. The molecule has 3 nitrogen and oxygen atoms in total. The van der Waals surface area contributed by atoms with Crippen LogP contribution in [0.25, 0.3) is 0 Å². The maximum absolute atomic E-state index is 10.3. The average molecular weight is 128 g/mol. The van der Waals surface area contributed by atoms with Gasteiger partial charge in [-0.15, -0.1) is 0 Å². The molecule has 1 aliphatic heterocycles. The highest BCUT2D eigenvalue weighted by atomic mass is 16.5. The fraction of sp³-hybridized carbons (Fsp3) is 0.833. The van der Waals surface area contributed by atoms with E-state index in [1.165, 1.54) is 0 Å². The molecule has 3 heteroatoms. The minimum absolute atomic E-state index is 0.0718. The maximum atomic E-state index is 10.3. The van der Waals surface area contributed by atoms with Gasteiger partial charge < -0.3 is 9.84 Å². The van der Waals surface area contributed by atoms with Gasteiger partial charge in [0.2, 0.25) is 0 Å². The van der Waals surface area contributed by atoms with Crippen LogP contribution in [0.1, 0.15) is 6.42 Å². The highest BCUT2D eigenvalue weighted by molar-refractivity contribution is 5.75. The van der Waals surface area contributed by atoms with Gasteiger partial charge in [-0.1, -0.05) is 0 Å². The third-order valence-electron chi connectivity index (χ3n) is 2.14. The van der Waals surface area contributed by atoms with Crippen LogP contribution < -0.4 is 0 Å². The molecular weight excluding hydrogens is 120 g/mol. The maximum Gasteiger partial charge on any atom is 0.309 e. The molecular formula is C6H8O3. The minimum atomic E-state index is -0.690. The van der Waals surface area contributed by atoms with Crippen LogP contribution in [-0.4, -0.2) is 23.8 Å². The second-order valence-corrected chi connectivity index (χ2v) is 2.65. The summed E-state index contributed by atoms with van der Waals surface area (Å²) in [6.07, 6.45) is 1.02. The third-order valence-corrected chi connectivity index (χ3v) is 2.14. The number of hydrogen-bond acceptors (Lipinski definition) is 2. The fourth-order valence-corrected chi connectivity index (χ4v) is 1.58. The van der Waals surface area contributed by atoms with Gasteiger partial charge in [0, 0.05) is 12.5 Å². The van der Waals surface area contributed by atoms with Gasteiger partial charge >= 0.3 is 5.97 Å². The Morgan fingerprint density at radius 3 is 2.78 bits per heavy atom. The largest absolute Gasteiger partial charge is 0.481 e. The highest BCUT2D eigenvalue weighted by Crippen LogP contribution is 2.48. The highest BCUT2D eigenvalue weighted by Gasteiger charge is 2.58. The van der Waals surface area contributed by atoms with Crippen molar-refractivity contribution in [1.29, 1.82) is 0 Å². The summed E-state index contributed by atoms with van der Waals surface area (Å²) in [5, 5.41) is 8.48. The summed E-state index contributed by atoms with van der Waals surface area (Å²) in [4.78, 5) is 10.3. The lowest BCUT2D eigenvalue weighted by Crippen LogP contribution is -2.07. The van der Waals surface area contributed by atoms with Crippen molar-refractivity contribution >= 4 is 5.97 Å². The molecule has 0 aromatic heterocycles. The Hall–Kier alpha value is -0.570. The molecule has 3 atom stereocenters. The molecule has 0 aromatic carbocycles. The van der Waals surface area contributed by atoms with E-state index in [-0.39, 0.29) is 12.0 Å². The van der Waals surface area contributed by atoms with E-state index >= 15 is 0 Å². The zero-order chi connectivity index (χ0) is 6.43. The Balaban J connectivity index is 2.02. The summed E-state index contributed by atoms with van der Waals surface area (Å²) in [5.41, 5.74) is 0. The van der Waals surface area contributed by atoms with Crippen molar-refractivity contribution in [3.05, 3.63) is 0 Å². The van der Waals surface area contributed by atoms with Crippen LogP contribution in [0.4, 0.5) is 0 Å². The lowest BCUT2D eigenvalue weighted by molar-refractivity contribution is -0.140. The number of aliphatic carboxylic acids is 1. The van der Waals surface area contributed by atoms with Crippen LogP contribution >= 0.6 is 0 Å². The first-order valence-electron chi connectivity index (χ1n) is 3.15. The number of fused-ring (bicyclic) bond motifs is 1. The second-order valence-electron chi connectivity index (χ2n) is 2.65. The molecule has 1 N–H and O–H groups in total. The van der Waals surface area contributed by atoms with Crippen LogP contribution in [0.2, 0.25) is 0 Å². The van der Waals surface area contributed by atoms with Gasteiger partial charge in [-0.25, -0.2) is 0 Å². The van der Waals surface area contributed by atoms with Gasteiger partial charge in [0.05, 0.1) is 12.0 Å². The van der Waals surface area contributed by atoms with Gasteiger partial charge in [0.15, 0.2) is 0 Å². The van der Waals surface area contributed by atoms with Gasteiger partial charge in [-0.3, -0.25) is 4.79 Å². The lowest BCUT2D eigenvalue weighted by atomic mass is 10.2. The van der Waals surface area contributed by atoms with Gasteiger partial charge in [0.1, 0.15) is 0 Å². The normalized spacial score (nSPS) is 46.4. The Bertz CT molecular complexity index is 144. The number of rotatable bonds is 1. The molecule has 1 saturated heterocycles. The van der Waals surface area contributed by atoms with E-state index in [1.807, 2.05) is 0 Å². The van der Waals surface area contributed by atoms with Crippen molar-refractivity contribution in [2.45, 2.75) is 12.5 Å². The molecule has 1 aliphatic carbocycles. The second kappa shape index (κ2) is 1.48. The molecule has 2 fully saturated rings. The minimum Gasteiger partial charge on any atom is -0.481 e. The summed E-state index contributed by atoms with van der Waals surface area (Å²) in [7, 11) is 0. The molecule has 1 saturated carbocycles. The fourth-order valence-electron chi connectivity index (χ4n) is 1.58. The Labute approximate surface area is 52.6 Å². The molecule has 2 rings (SSSR count). The Kier molecular flexibility index (Phi) is 0.858. The number of ether oxygens (including phenoxy) is 1. The van der Waals surface area contributed by atoms with E-state index in [0.29, 0.717) is 5.92 Å². The van der Waals surface area contributed by atoms with Crippen molar-refractivity contribution in [3.8, 4) is 0 Å². The number of carboxylic acid groups (broad SMARTS) is 1. The summed E-state index contributed by atoms with van der Waals surface area (Å²) >= 11 is 0. The summed E-state index contributed by atoms with van der Waals surface area (Å²) < 4.78 is 5.12. The molecule has 0 spiro atoms. The van der Waals surface area contributed by atoms with Gasteiger partial charge in [-0.2, -0.15) is 0 Å². The van der Waals surface area contributed by atoms with E-state index in [0.717, 1.165) is 13.0 Å². The number of hydrogen-bond donors (Lipinski definition) is 1. The molecule has 50 valence electrons. The topological polar surface area (TPSA) is 46.5 Å². The van der Waals surface area contributed by atoms with Crippen LogP contribution in [0, 0.1) is 11.8 Å². The zero-order valence-corrected chi connectivity index (χ0v) is 4.91. The summed E-state index contributed by atoms with van der Waals surface area (Å²) in [6, 6.07) is 0. The predicted octanol–water partition coefficient (Wildman–Crippen LogP) is 0.106. The van der Waals surface area contributed by atoms with E-state index < -0.39 is 5.97 Å². The predicted molar refractivity (Wildman–Crippen MR) is 29.0 cm³/mol. The van der Waals surface area contributed by atoms with Crippen molar-refractivity contribution < 1.29 is 14.6 Å². The monoisotopic (exact) mass is 128 g/mol. The molecule has 2 aliphatic rings. The first-order valence-corrected chi connectivity index (χ1v) is 3.15. The molecule has 0 amide bonds. The molecule has 0 aromatic rings. The van der Waals surface area contributed by atoms with Crippen molar-refractivity contribution in [1.82, 2.24) is 0 Å². The molecule has 1 heterocycles. The third kappa shape index (κ3) is 0.580. The summed E-state index contributed by atoms with van der Waals surface area (Å²) in [5.74, 6) is -0.508. The molecule has 9 heavy (non-hydrogen) atoms. The average Bonchev–Trinajstić information content (AvgIpc) is 2.30. The number of carbonyl (C=O) groups is 1. The van der Waals surface area contributed by atoms with Crippen LogP contribution in [0.15, 0.2) is 0 Å². The van der Waals surface area contributed by atoms with Gasteiger partial charge in [0.25, 0.3) is 0 Å². The van der Waals surface area contributed by atoms with Gasteiger partial charge in [-0.05, 0) is 6.42 Å². The molecule has 2 unspecified atom stereocenters. The SMILES string of the molecule is O=C(O)[C@H]1C2CCOC21. The lowest BCUT2D eigenvalue weighted by Gasteiger charge is -1.95. The first-order chi connectivity index (χ1) is 4.30. The van der Waals surface area contributed by atoms with E-state index in [4.69, 9.17) is 9.84 Å². The van der Waals surface area contributed by atoms with Crippen molar-refractivity contribution in [2.75, 3.05) is 6.61 Å². The van der Waals surface area contributed by atoms with Crippen LogP contribution in [0.5, 0.6) is 0 Å². The zero-order valence-electron chi connectivity index (χ0n) is 4.91. The smallest absolute Gasteiger partial charge is 0.309 e. The molecule has 0 radical (unpaired) electrons.